The van der Waals surface area contributed by atoms with Crippen molar-refractivity contribution in [3.8, 4) is 0 Å². The van der Waals surface area contributed by atoms with E-state index in [0.717, 1.165) is 5.92 Å². The first-order chi connectivity index (χ1) is 13.6. The Labute approximate surface area is 177 Å². The van der Waals surface area contributed by atoms with E-state index in [0.29, 0.717) is 0 Å². The van der Waals surface area contributed by atoms with Gasteiger partial charge in [0.05, 0.1) is 30.7 Å². The Hall–Kier alpha value is -1.13. The predicted molar refractivity (Wildman–Crippen MR) is 135 cm³/mol. The molecule has 0 saturated heterocycles. The van der Waals surface area contributed by atoms with Crippen molar-refractivity contribution < 1.29 is 0 Å². The van der Waals surface area contributed by atoms with Gasteiger partial charge >= 0.3 is 0 Å². The van der Waals surface area contributed by atoms with Crippen LogP contribution in [0.1, 0.15) is 80.1 Å². The predicted octanol–water partition coefficient (Wildman–Crippen LogP) is 8.33. The Bertz CT molecular complexity index is 504. The van der Waals surface area contributed by atoms with Crippen molar-refractivity contribution in [2.24, 2.45) is 5.92 Å². The van der Waals surface area contributed by atoms with Gasteiger partial charge in [0, 0.05) is 0 Å². The van der Waals surface area contributed by atoms with Crippen LogP contribution in [0, 0.1) is 5.92 Å². The van der Waals surface area contributed by atoms with Gasteiger partial charge in [0.25, 0.3) is 0 Å². The molecule has 1 aliphatic rings. The van der Waals surface area contributed by atoms with Gasteiger partial charge in [0.2, 0.25) is 0 Å². The van der Waals surface area contributed by atoms with E-state index in [2.05, 4.69) is 81.2 Å². The molecule has 1 saturated carbocycles. The van der Waals surface area contributed by atoms with Gasteiger partial charge < -0.3 is 0 Å². The van der Waals surface area contributed by atoms with Crippen LogP contribution in [0.5, 0.6) is 0 Å². The first-order valence-corrected chi connectivity index (χ1v) is 14.0. The van der Waals surface area contributed by atoms with Crippen LogP contribution < -0.4 is 10.6 Å². The van der Waals surface area contributed by atoms with Gasteiger partial charge in [-0.25, -0.2) is 0 Å². The van der Waals surface area contributed by atoms with E-state index < -0.39 is 7.26 Å². The summed E-state index contributed by atoms with van der Waals surface area (Å²) in [5.74, 6) is 0.726. The summed E-state index contributed by atoms with van der Waals surface area (Å²) in [6.07, 6.45) is 10.3. The molecule has 0 spiro atoms. The first-order valence-electron chi connectivity index (χ1n) is 11.6. The van der Waals surface area contributed by atoms with Gasteiger partial charge in [-0.2, -0.15) is 0 Å². The third-order valence-electron chi connectivity index (χ3n) is 4.88. The van der Waals surface area contributed by atoms with E-state index in [1.807, 2.05) is 27.7 Å². The van der Waals surface area contributed by atoms with E-state index in [9.17, 15) is 0 Å². The topological polar surface area (TPSA) is 0 Å². The van der Waals surface area contributed by atoms with E-state index in [4.69, 9.17) is 0 Å². The van der Waals surface area contributed by atoms with Gasteiger partial charge in [-0.05, 0) is 30.2 Å². The molecule has 1 heteroatoms. The molecule has 0 radical (unpaired) electrons. The molecule has 0 aromatic heterocycles. The second kappa shape index (κ2) is 16.8. The molecule has 0 atom stereocenters. The molecule has 2 aromatic rings. The zero-order chi connectivity index (χ0) is 21.3. The van der Waals surface area contributed by atoms with Crippen molar-refractivity contribution in [2.75, 3.05) is 12.8 Å². The fourth-order valence-corrected chi connectivity index (χ4v) is 7.51. The molecular formula is C27H46P+. The molecule has 1 aliphatic carbocycles. The standard InChI is InChI=1S/C17H22P.C6H12.2C2H6/c1-15(2)14-18(3,16-10-6-4-7-11-16)17-12-8-5-9-13-17;1-2-4-6-5-3-1;2*1-2/h4-13,15H,14H2,1-3H3;1-6H2;2*1-2H3/q+1;;;. The van der Waals surface area contributed by atoms with Crippen molar-refractivity contribution in [1.29, 1.82) is 0 Å². The lowest BCUT2D eigenvalue weighted by Crippen LogP contribution is -2.25. The summed E-state index contributed by atoms with van der Waals surface area (Å²) in [4.78, 5) is 0. The summed E-state index contributed by atoms with van der Waals surface area (Å²) < 4.78 is 0. The number of hydrogen-bond acceptors (Lipinski definition) is 0. The summed E-state index contributed by atoms with van der Waals surface area (Å²) in [7, 11) is -1.23. The molecule has 28 heavy (non-hydrogen) atoms. The fourth-order valence-electron chi connectivity index (χ4n) is 3.66. The molecule has 3 rings (SSSR count). The summed E-state index contributed by atoms with van der Waals surface area (Å²) in [6.45, 7) is 15.1. The van der Waals surface area contributed by atoms with Gasteiger partial charge in [0.15, 0.2) is 0 Å². The van der Waals surface area contributed by atoms with Crippen LogP contribution in [0.25, 0.3) is 0 Å². The van der Waals surface area contributed by atoms with Crippen molar-refractivity contribution in [2.45, 2.75) is 80.1 Å². The van der Waals surface area contributed by atoms with Crippen molar-refractivity contribution >= 4 is 17.9 Å². The Morgan fingerprint density at radius 2 is 0.893 bits per heavy atom. The minimum absolute atomic E-state index is 0.726. The smallest absolute Gasteiger partial charge is 0.0683 e. The molecule has 0 N–H and O–H groups in total. The van der Waals surface area contributed by atoms with Crippen molar-refractivity contribution in [3.63, 3.8) is 0 Å². The Morgan fingerprint density at radius 1 is 0.607 bits per heavy atom. The second-order valence-corrected chi connectivity index (χ2v) is 11.3. The third-order valence-corrected chi connectivity index (χ3v) is 9.22. The molecule has 0 bridgehead atoms. The van der Waals surface area contributed by atoms with Crippen LogP contribution in [-0.4, -0.2) is 12.8 Å². The average Bonchev–Trinajstić information content (AvgIpc) is 2.79. The van der Waals surface area contributed by atoms with Gasteiger partial charge in [0.1, 0.15) is 0 Å². The summed E-state index contributed by atoms with van der Waals surface area (Å²) in [6, 6.07) is 22.0. The lowest BCUT2D eigenvalue weighted by molar-refractivity contribution is 0.504. The van der Waals surface area contributed by atoms with E-state index in [1.54, 1.807) is 0 Å². The lowest BCUT2D eigenvalue weighted by Gasteiger charge is -2.24. The van der Waals surface area contributed by atoms with Gasteiger partial charge in [-0.1, -0.05) is 116 Å². The molecule has 0 amide bonds. The van der Waals surface area contributed by atoms with Crippen LogP contribution in [0.15, 0.2) is 60.7 Å². The highest BCUT2D eigenvalue weighted by Crippen LogP contribution is 2.53. The Balaban J connectivity index is 0.000000607. The summed E-state index contributed by atoms with van der Waals surface area (Å²) >= 11 is 0. The van der Waals surface area contributed by atoms with Crippen LogP contribution in [0.4, 0.5) is 0 Å². The van der Waals surface area contributed by atoms with Crippen LogP contribution >= 0.6 is 7.26 Å². The van der Waals surface area contributed by atoms with Gasteiger partial charge in [-0.3, -0.25) is 0 Å². The normalized spacial score (nSPS) is 13.1. The van der Waals surface area contributed by atoms with E-state index in [-0.39, 0.29) is 0 Å². The average molecular weight is 402 g/mol. The molecular weight excluding hydrogens is 355 g/mol. The van der Waals surface area contributed by atoms with Crippen molar-refractivity contribution in [3.05, 3.63) is 60.7 Å². The fraction of sp³-hybridized carbons (Fsp3) is 0.556. The minimum Gasteiger partial charge on any atom is -0.0683 e. The molecule has 0 aliphatic heterocycles. The highest BCUT2D eigenvalue weighted by molar-refractivity contribution is 7.88. The lowest BCUT2D eigenvalue weighted by atomic mass is 10.0. The van der Waals surface area contributed by atoms with E-state index >= 15 is 0 Å². The SMILES string of the molecule is C1CCCCC1.CC.CC.CC(C)C[P+](C)(c1ccccc1)c1ccccc1. The number of rotatable bonds is 4. The maximum Gasteiger partial charge on any atom is 0.0989 e. The molecule has 2 aromatic carbocycles. The van der Waals surface area contributed by atoms with Crippen LogP contribution in [0.2, 0.25) is 0 Å². The van der Waals surface area contributed by atoms with Crippen LogP contribution in [0.3, 0.4) is 0 Å². The second-order valence-electron chi connectivity index (χ2n) is 7.56. The monoisotopic (exact) mass is 401 g/mol. The first kappa shape index (κ1) is 26.9. The van der Waals surface area contributed by atoms with E-state index in [1.165, 1.54) is 55.3 Å². The number of hydrogen-bond donors (Lipinski definition) is 0. The zero-order valence-electron chi connectivity index (χ0n) is 19.7. The molecule has 158 valence electrons. The Morgan fingerprint density at radius 3 is 1.14 bits per heavy atom. The third kappa shape index (κ3) is 9.88. The maximum absolute atomic E-state index is 2.47. The summed E-state index contributed by atoms with van der Waals surface area (Å²) in [5, 5.41) is 3.04. The highest BCUT2D eigenvalue weighted by atomic mass is 31.2. The minimum atomic E-state index is -1.23. The van der Waals surface area contributed by atoms with Crippen molar-refractivity contribution in [1.82, 2.24) is 0 Å². The molecule has 1 fully saturated rings. The Kier molecular flexibility index (Phi) is 16.1. The summed E-state index contributed by atoms with van der Waals surface area (Å²) in [5.41, 5.74) is 0. The molecule has 0 unspecified atom stereocenters. The molecule has 0 heterocycles. The molecule has 0 nitrogen and oxygen atoms in total. The number of benzene rings is 2. The zero-order valence-corrected chi connectivity index (χ0v) is 20.6. The largest absolute Gasteiger partial charge is 0.0989 e. The van der Waals surface area contributed by atoms with Crippen LogP contribution in [-0.2, 0) is 0 Å². The highest BCUT2D eigenvalue weighted by Gasteiger charge is 2.37. The van der Waals surface area contributed by atoms with Gasteiger partial charge in [-0.15, -0.1) is 0 Å². The quantitative estimate of drug-likeness (QED) is 0.452. The maximum atomic E-state index is 2.47.